The quantitative estimate of drug-likeness (QED) is 0.594. The molecule has 0 aliphatic heterocycles. The van der Waals surface area contributed by atoms with Crippen LogP contribution in [0.5, 0.6) is 0 Å². The first kappa shape index (κ1) is 16.4. The Morgan fingerprint density at radius 2 is 1.87 bits per heavy atom. The molecule has 0 N–H and O–H groups in total. The van der Waals surface area contributed by atoms with Crippen molar-refractivity contribution in [2.75, 3.05) is 26.4 Å². The Labute approximate surface area is 144 Å². The van der Waals surface area contributed by atoms with Gasteiger partial charge in [-0.15, -0.1) is 11.8 Å². The second kappa shape index (κ2) is 6.95. The number of benzene rings is 2. The molecule has 3 rings (SSSR count). The molecule has 0 saturated heterocycles. The van der Waals surface area contributed by atoms with Crippen LogP contribution >= 0.6 is 23.4 Å². The molecule has 1 heterocycles. The summed E-state index contributed by atoms with van der Waals surface area (Å²) in [5.41, 5.74) is 2.02. The van der Waals surface area contributed by atoms with E-state index in [-0.39, 0.29) is 5.82 Å². The summed E-state index contributed by atoms with van der Waals surface area (Å²) < 4.78 is 15.3. The van der Waals surface area contributed by atoms with E-state index in [0.29, 0.717) is 0 Å². The van der Waals surface area contributed by atoms with Gasteiger partial charge in [-0.25, -0.2) is 4.39 Å². The maximum atomic E-state index is 13.2. The van der Waals surface area contributed by atoms with Crippen molar-refractivity contribution >= 4 is 34.3 Å². The van der Waals surface area contributed by atoms with Gasteiger partial charge in [-0.3, -0.25) is 0 Å². The summed E-state index contributed by atoms with van der Waals surface area (Å²) in [6.07, 6.45) is 2.11. The van der Waals surface area contributed by atoms with Gasteiger partial charge in [0.25, 0.3) is 0 Å². The Morgan fingerprint density at radius 1 is 1.13 bits per heavy atom. The van der Waals surface area contributed by atoms with Crippen LogP contribution in [-0.2, 0) is 0 Å². The molecule has 3 aromatic rings. The molecular weight excluding hydrogens is 331 g/mol. The van der Waals surface area contributed by atoms with Crippen molar-refractivity contribution in [3.05, 3.63) is 59.5 Å². The average Bonchev–Trinajstić information content (AvgIpc) is 2.86. The van der Waals surface area contributed by atoms with Crippen molar-refractivity contribution in [3.8, 4) is 5.69 Å². The van der Waals surface area contributed by atoms with Gasteiger partial charge in [0.2, 0.25) is 0 Å². The standard InChI is InChI=1S/C18H18ClFN2S/c1-21(2)9-10-23-18-12-22(15-6-4-14(20)5-7-15)17-8-3-13(19)11-16(17)18/h3-8,11-12H,9-10H2,1-2H3. The zero-order chi connectivity index (χ0) is 16.4. The molecule has 0 bridgehead atoms. The van der Waals surface area contributed by atoms with Crippen LogP contribution in [0.3, 0.4) is 0 Å². The third-order valence-electron chi connectivity index (χ3n) is 3.63. The summed E-state index contributed by atoms with van der Waals surface area (Å²) in [6, 6.07) is 12.4. The summed E-state index contributed by atoms with van der Waals surface area (Å²) in [4.78, 5) is 3.35. The molecule has 0 radical (unpaired) electrons. The zero-order valence-corrected chi connectivity index (χ0v) is 14.7. The first-order valence-electron chi connectivity index (χ1n) is 7.38. The Balaban J connectivity index is 2.02. The third kappa shape index (κ3) is 3.71. The van der Waals surface area contributed by atoms with Crippen molar-refractivity contribution in [2.45, 2.75) is 4.90 Å². The molecule has 0 spiro atoms. The van der Waals surface area contributed by atoms with Gasteiger partial charge in [-0.05, 0) is 56.6 Å². The topological polar surface area (TPSA) is 8.17 Å². The van der Waals surface area contributed by atoms with Crippen LogP contribution < -0.4 is 0 Å². The number of halogens is 2. The highest BCUT2D eigenvalue weighted by molar-refractivity contribution is 7.99. The maximum Gasteiger partial charge on any atom is 0.123 e. The molecule has 2 aromatic carbocycles. The van der Waals surface area contributed by atoms with E-state index in [4.69, 9.17) is 11.6 Å². The number of fused-ring (bicyclic) bond motifs is 1. The molecule has 120 valence electrons. The SMILES string of the molecule is CN(C)CCSc1cn(-c2ccc(F)cc2)c2ccc(Cl)cc12. The van der Waals surface area contributed by atoms with Crippen LogP contribution in [0.4, 0.5) is 4.39 Å². The predicted octanol–water partition coefficient (Wildman–Crippen LogP) is 5.08. The Hall–Kier alpha value is -1.49. The van der Waals surface area contributed by atoms with Crippen LogP contribution in [0.1, 0.15) is 0 Å². The van der Waals surface area contributed by atoms with Crippen molar-refractivity contribution < 1.29 is 4.39 Å². The molecular formula is C18H18ClFN2S. The Bertz CT molecular complexity index is 812. The summed E-state index contributed by atoms with van der Waals surface area (Å²) in [7, 11) is 4.14. The fourth-order valence-corrected chi connectivity index (χ4v) is 3.79. The largest absolute Gasteiger partial charge is 0.315 e. The van der Waals surface area contributed by atoms with Crippen molar-refractivity contribution in [2.24, 2.45) is 0 Å². The Morgan fingerprint density at radius 3 is 2.57 bits per heavy atom. The summed E-state index contributed by atoms with van der Waals surface area (Å²) in [6.45, 7) is 1.01. The highest BCUT2D eigenvalue weighted by atomic mass is 35.5. The first-order valence-corrected chi connectivity index (χ1v) is 8.75. The van der Waals surface area contributed by atoms with E-state index in [2.05, 4.69) is 29.8 Å². The molecule has 0 unspecified atom stereocenters. The molecule has 0 aliphatic carbocycles. The van der Waals surface area contributed by atoms with Crippen LogP contribution in [0.2, 0.25) is 5.02 Å². The minimum absolute atomic E-state index is 0.228. The maximum absolute atomic E-state index is 13.2. The number of aromatic nitrogens is 1. The lowest BCUT2D eigenvalue weighted by molar-refractivity contribution is 0.437. The second-order valence-corrected chi connectivity index (χ2v) is 7.23. The van der Waals surface area contributed by atoms with Gasteiger partial charge in [0.1, 0.15) is 5.82 Å². The summed E-state index contributed by atoms with van der Waals surface area (Å²) in [5, 5.41) is 1.86. The molecule has 0 atom stereocenters. The summed E-state index contributed by atoms with van der Waals surface area (Å²) in [5.74, 6) is 0.774. The second-order valence-electron chi connectivity index (χ2n) is 5.65. The van der Waals surface area contributed by atoms with Crippen LogP contribution in [0, 0.1) is 5.82 Å². The van der Waals surface area contributed by atoms with Crippen LogP contribution in [-0.4, -0.2) is 35.9 Å². The molecule has 0 fully saturated rings. The molecule has 0 saturated carbocycles. The lowest BCUT2D eigenvalue weighted by Gasteiger charge is -2.07. The van der Waals surface area contributed by atoms with Gasteiger partial charge < -0.3 is 9.47 Å². The van der Waals surface area contributed by atoms with Crippen LogP contribution in [0.15, 0.2) is 53.6 Å². The van der Waals surface area contributed by atoms with Gasteiger partial charge in [0.15, 0.2) is 0 Å². The van der Waals surface area contributed by atoms with E-state index in [1.165, 1.54) is 17.0 Å². The molecule has 2 nitrogen and oxygen atoms in total. The number of thioether (sulfide) groups is 1. The highest BCUT2D eigenvalue weighted by Gasteiger charge is 2.11. The first-order chi connectivity index (χ1) is 11.0. The lowest BCUT2D eigenvalue weighted by atomic mass is 10.2. The van der Waals surface area contributed by atoms with Gasteiger partial charge in [-0.1, -0.05) is 11.6 Å². The minimum Gasteiger partial charge on any atom is -0.315 e. The van der Waals surface area contributed by atoms with E-state index < -0.39 is 0 Å². The lowest BCUT2D eigenvalue weighted by Crippen LogP contribution is -2.14. The van der Waals surface area contributed by atoms with Crippen molar-refractivity contribution in [1.82, 2.24) is 9.47 Å². The van der Waals surface area contributed by atoms with Crippen molar-refractivity contribution in [3.63, 3.8) is 0 Å². The smallest absolute Gasteiger partial charge is 0.123 e. The van der Waals surface area contributed by atoms with E-state index in [1.807, 2.05) is 30.0 Å². The van der Waals surface area contributed by atoms with Gasteiger partial charge in [0, 0.05) is 39.5 Å². The number of nitrogens with zero attached hydrogens (tertiary/aromatic N) is 2. The zero-order valence-electron chi connectivity index (χ0n) is 13.1. The molecule has 5 heteroatoms. The average molecular weight is 349 g/mol. The van der Waals surface area contributed by atoms with Gasteiger partial charge >= 0.3 is 0 Å². The Kier molecular flexibility index (Phi) is 4.95. The van der Waals surface area contributed by atoms with Gasteiger partial charge in [-0.2, -0.15) is 0 Å². The van der Waals surface area contributed by atoms with E-state index in [0.717, 1.165) is 33.9 Å². The molecule has 0 amide bonds. The van der Waals surface area contributed by atoms with E-state index in [1.54, 1.807) is 12.1 Å². The molecule has 0 aliphatic rings. The fourth-order valence-electron chi connectivity index (χ4n) is 2.44. The summed E-state index contributed by atoms with van der Waals surface area (Å²) >= 11 is 7.99. The van der Waals surface area contributed by atoms with Gasteiger partial charge in [0.05, 0.1) is 5.52 Å². The van der Waals surface area contributed by atoms with E-state index in [9.17, 15) is 4.39 Å². The molecule has 23 heavy (non-hydrogen) atoms. The normalized spacial score (nSPS) is 11.5. The predicted molar refractivity (Wildman–Crippen MR) is 97.5 cm³/mol. The van der Waals surface area contributed by atoms with Crippen LogP contribution in [0.25, 0.3) is 16.6 Å². The number of rotatable bonds is 5. The monoisotopic (exact) mass is 348 g/mol. The molecule has 1 aromatic heterocycles. The highest BCUT2D eigenvalue weighted by Crippen LogP contribution is 2.33. The fraction of sp³-hybridized carbons (Fsp3) is 0.222. The van der Waals surface area contributed by atoms with E-state index >= 15 is 0 Å². The van der Waals surface area contributed by atoms with Crippen molar-refractivity contribution in [1.29, 1.82) is 0 Å². The number of hydrogen-bond acceptors (Lipinski definition) is 2. The number of hydrogen-bond donors (Lipinski definition) is 0. The third-order valence-corrected chi connectivity index (χ3v) is 4.89. The minimum atomic E-state index is -0.228.